The number of halogens is 2. The van der Waals surface area contributed by atoms with Gasteiger partial charge in [-0.25, -0.2) is 8.78 Å². The Labute approximate surface area is 101 Å². The molecule has 0 bridgehead atoms. The summed E-state index contributed by atoms with van der Waals surface area (Å²) >= 11 is 0. The standard InChI is InChI=1S/C12H9F2N3O/c13-7-2-1-3-8(14)11(7)12(18)17-10-4-5-16-6-9(10)15/h1-6H,15H2,(H,16,17,18). The lowest BCUT2D eigenvalue weighted by Gasteiger charge is -2.08. The zero-order valence-corrected chi connectivity index (χ0v) is 9.15. The van der Waals surface area contributed by atoms with Gasteiger partial charge in [0.25, 0.3) is 5.91 Å². The van der Waals surface area contributed by atoms with Crippen molar-refractivity contribution in [1.82, 2.24) is 4.98 Å². The van der Waals surface area contributed by atoms with Gasteiger partial charge >= 0.3 is 0 Å². The molecule has 0 saturated carbocycles. The molecule has 6 heteroatoms. The zero-order chi connectivity index (χ0) is 13.1. The number of nitrogens with one attached hydrogen (secondary N) is 1. The number of aromatic nitrogens is 1. The quantitative estimate of drug-likeness (QED) is 0.857. The lowest BCUT2D eigenvalue weighted by atomic mass is 10.2. The molecule has 1 heterocycles. The number of nitrogens with two attached hydrogens (primary N) is 1. The normalized spacial score (nSPS) is 10.1. The number of hydrogen-bond donors (Lipinski definition) is 2. The molecule has 0 atom stereocenters. The lowest BCUT2D eigenvalue weighted by Crippen LogP contribution is -2.16. The zero-order valence-electron chi connectivity index (χ0n) is 9.15. The van der Waals surface area contributed by atoms with Crippen LogP contribution in [0.25, 0.3) is 0 Å². The summed E-state index contributed by atoms with van der Waals surface area (Å²) < 4.78 is 26.7. The summed E-state index contributed by atoms with van der Waals surface area (Å²) in [6.45, 7) is 0. The molecule has 0 unspecified atom stereocenters. The van der Waals surface area contributed by atoms with E-state index in [9.17, 15) is 13.6 Å². The van der Waals surface area contributed by atoms with Gasteiger partial charge in [0.1, 0.15) is 17.2 Å². The number of carbonyl (C=O) groups is 1. The highest BCUT2D eigenvalue weighted by Gasteiger charge is 2.17. The molecule has 0 radical (unpaired) electrons. The number of rotatable bonds is 2. The molecular formula is C12H9F2N3O. The summed E-state index contributed by atoms with van der Waals surface area (Å²) in [7, 11) is 0. The van der Waals surface area contributed by atoms with Gasteiger partial charge in [-0.3, -0.25) is 9.78 Å². The third kappa shape index (κ3) is 2.27. The molecule has 0 aliphatic heterocycles. The van der Waals surface area contributed by atoms with Gasteiger partial charge in [0, 0.05) is 6.20 Å². The van der Waals surface area contributed by atoms with Gasteiger partial charge in [-0.15, -0.1) is 0 Å². The third-order valence-corrected chi connectivity index (χ3v) is 2.29. The second-order valence-electron chi connectivity index (χ2n) is 3.51. The van der Waals surface area contributed by atoms with E-state index in [1.54, 1.807) is 0 Å². The Morgan fingerprint density at radius 2 is 1.89 bits per heavy atom. The van der Waals surface area contributed by atoms with E-state index in [1.165, 1.54) is 24.5 Å². The summed E-state index contributed by atoms with van der Waals surface area (Å²) in [6, 6.07) is 4.63. The third-order valence-electron chi connectivity index (χ3n) is 2.29. The van der Waals surface area contributed by atoms with Crippen molar-refractivity contribution in [3.05, 3.63) is 53.9 Å². The molecule has 1 amide bonds. The molecule has 18 heavy (non-hydrogen) atoms. The Kier molecular flexibility index (Phi) is 3.18. The Hall–Kier alpha value is -2.50. The minimum Gasteiger partial charge on any atom is -0.396 e. The Bertz CT molecular complexity index is 581. The molecular weight excluding hydrogens is 240 g/mol. The van der Waals surface area contributed by atoms with Crippen LogP contribution in [0.5, 0.6) is 0 Å². The Balaban J connectivity index is 2.31. The topological polar surface area (TPSA) is 68.0 Å². The van der Waals surface area contributed by atoms with Crippen molar-refractivity contribution >= 4 is 17.3 Å². The smallest absolute Gasteiger partial charge is 0.261 e. The van der Waals surface area contributed by atoms with Crippen LogP contribution in [0, 0.1) is 11.6 Å². The van der Waals surface area contributed by atoms with Crippen molar-refractivity contribution < 1.29 is 13.6 Å². The van der Waals surface area contributed by atoms with E-state index in [0.29, 0.717) is 0 Å². The van der Waals surface area contributed by atoms with E-state index in [4.69, 9.17) is 5.73 Å². The molecule has 1 aromatic carbocycles. The number of carbonyl (C=O) groups excluding carboxylic acids is 1. The van der Waals surface area contributed by atoms with E-state index in [2.05, 4.69) is 10.3 Å². The summed E-state index contributed by atoms with van der Waals surface area (Å²) in [5.41, 5.74) is 5.37. The largest absolute Gasteiger partial charge is 0.396 e. The highest BCUT2D eigenvalue weighted by Crippen LogP contribution is 2.18. The number of benzene rings is 1. The first-order valence-electron chi connectivity index (χ1n) is 5.04. The fourth-order valence-corrected chi connectivity index (χ4v) is 1.42. The van der Waals surface area contributed by atoms with Crippen LogP contribution in [0.1, 0.15) is 10.4 Å². The number of hydrogen-bond acceptors (Lipinski definition) is 3. The maximum Gasteiger partial charge on any atom is 0.261 e. The van der Waals surface area contributed by atoms with Crippen molar-refractivity contribution in [2.24, 2.45) is 0 Å². The van der Waals surface area contributed by atoms with Crippen LogP contribution in [0.2, 0.25) is 0 Å². The fourth-order valence-electron chi connectivity index (χ4n) is 1.42. The molecule has 1 aromatic heterocycles. The first-order chi connectivity index (χ1) is 8.59. The molecule has 92 valence electrons. The number of amides is 1. The molecule has 2 aromatic rings. The molecule has 4 nitrogen and oxygen atoms in total. The predicted octanol–water partition coefficient (Wildman–Crippen LogP) is 2.19. The van der Waals surface area contributed by atoms with E-state index in [-0.39, 0.29) is 11.4 Å². The van der Waals surface area contributed by atoms with E-state index < -0.39 is 23.1 Å². The summed E-state index contributed by atoms with van der Waals surface area (Å²) in [5, 5.41) is 2.32. The van der Waals surface area contributed by atoms with Crippen molar-refractivity contribution in [3.8, 4) is 0 Å². The molecule has 0 aliphatic carbocycles. The average molecular weight is 249 g/mol. The van der Waals surface area contributed by atoms with E-state index >= 15 is 0 Å². The molecule has 2 rings (SSSR count). The number of anilines is 2. The van der Waals surface area contributed by atoms with Crippen LogP contribution >= 0.6 is 0 Å². The minimum atomic E-state index is -0.930. The maximum absolute atomic E-state index is 13.4. The summed E-state index contributed by atoms with van der Waals surface area (Å²) in [4.78, 5) is 15.5. The van der Waals surface area contributed by atoms with Crippen LogP contribution in [0.3, 0.4) is 0 Å². The first kappa shape index (κ1) is 12.0. The minimum absolute atomic E-state index is 0.211. The van der Waals surface area contributed by atoms with Crippen LogP contribution in [0.4, 0.5) is 20.2 Å². The predicted molar refractivity (Wildman–Crippen MR) is 63.0 cm³/mol. The van der Waals surface area contributed by atoms with Gasteiger partial charge in [0.2, 0.25) is 0 Å². The van der Waals surface area contributed by atoms with Gasteiger partial charge in [-0.2, -0.15) is 0 Å². The van der Waals surface area contributed by atoms with Crippen LogP contribution in [0.15, 0.2) is 36.7 Å². The van der Waals surface area contributed by atoms with Crippen LogP contribution in [-0.4, -0.2) is 10.9 Å². The first-order valence-corrected chi connectivity index (χ1v) is 5.04. The fraction of sp³-hybridized carbons (Fsp3) is 0. The number of nitrogen functional groups attached to an aromatic ring is 1. The monoisotopic (exact) mass is 249 g/mol. The second kappa shape index (κ2) is 4.79. The SMILES string of the molecule is Nc1cnccc1NC(=O)c1c(F)cccc1F. The van der Waals surface area contributed by atoms with Crippen LogP contribution < -0.4 is 11.1 Å². The van der Waals surface area contributed by atoms with E-state index in [1.807, 2.05) is 0 Å². The van der Waals surface area contributed by atoms with E-state index in [0.717, 1.165) is 12.1 Å². The van der Waals surface area contributed by atoms with Crippen molar-refractivity contribution in [2.75, 3.05) is 11.1 Å². The number of pyridine rings is 1. The van der Waals surface area contributed by atoms with Crippen LogP contribution in [-0.2, 0) is 0 Å². The van der Waals surface area contributed by atoms with Gasteiger partial charge < -0.3 is 11.1 Å². The average Bonchev–Trinajstić information content (AvgIpc) is 2.32. The molecule has 0 fully saturated rings. The molecule has 0 spiro atoms. The molecule has 0 saturated heterocycles. The highest BCUT2D eigenvalue weighted by molar-refractivity contribution is 6.05. The van der Waals surface area contributed by atoms with Gasteiger partial charge in [0.15, 0.2) is 0 Å². The van der Waals surface area contributed by atoms with Gasteiger partial charge in [-0.1, -0.05) is 6.07 Å². The maximum atomic E-state index is 13.4. The molecule has 3 N–H and O–H groups in total. The van der Waals surface area contributed by atoms with Crippen molar-refractivity contribution in [3.63, 3.8) is 0 Å². The Morgan fingerprint density at radius 3 is 2.50 bits per heavy atom. The highest BCUT2D eigenvalue weighted by atomic mass is 19.1. The summed E-state index contributed by atoms with van der Waals surface area (Å²) in [6.07, 6.45) is 2.73. The van der Waals surface area contributed by atoms with Crippen molar-refractivity contribution in [1.29, 1.82) is 0 Å². The van der Waals surface area contributed by atoms with Crippen molar-refractivity contribution in [2.45, 2.75) is 0 Å². The summed E-state index contributed by atoms with van der Waals surface area (Å²) in [5.74, 6) is -2.76. The van der Waals surface area contributed by atoms with Gasteiger partial charge in [0.05, 0.1) is 17.6 Å². The molecule has 0 aliphatic rings. The van der Waals surface area contributed by atoms with Gasteiger partial charge in [-0.05, 0) is 18.2 Å². The second-order valence-corrected chi connectivity index (χ2v) is 3.51. The Morgan fingerprint density at radius 1 is 1.22 bits per heavy atom. The number of nitrogens with zero attached hydrogens (tertiary/aromatic N) is 1. The lowest BCUT2D eigenvalue weighted by molar-refractivity contribution is 0.101.